The minimum atomic E-state index is -0.489. The van der Waals surface area contributed by atoms with Crippen molar-refractivity contribution in [3.05, 3.63) is 0 Å². The van der Waals surface area contributed by atoms with Crippen molar-refractivity contribution in [2.45, 2.75) is 38.6 Å². The Bertz CT molecular complexity index is 300. The van der Waals surface area contributed by atoms with Crippen molar-refractivity contribution in [3.8, 4) is 0 Å². The van der Waals surface area contributed by atoms with Crippen molar-refractivity contribution < 1.29 is 19.1 Å². The summed E-state index contributed by atoms with van der Waals surface area (Å²) in [6.45, 7) is 0.967. The van der Waals surface area contributed by atoms with Crippen molar-refractivity contribution in [1.29, 1.82) is 0 Å². The average Bonchev–Trinajstić information content (AvgIpc) is 2.25. The van der Waals surface area contributed by atoms with Crippen LogP contribution in [0.5, 0.6) is 0 Å². The molecule has 1 fully saturated rings. The van der Waals surface area contributed by atoms with E-state index in [1.54, 1.807) is 7.05 Å². The second kappa shape index (κ2) is 5.63. The number of hydrogen-bond donors (Lipinski definition) is 0. The molecule has 16 heavy (non-hydrogen) atoms. The number of esters is 1. The molecule has 1 atom stereocenters. The maximum Gasteiger partial charge on any atom is 0.303 e. The minimum absolute atomic E-state index is 0.102. The Hall–Kier alpha value is -1.39. The largest absolute Gasteiger partial charge is 0.456 e. The van der Waals surface area contributed by atoms with E-state index in [9.17, 15) is 14.4 Å². The maximum absolute atomic E-state index is 11.6. The van der Waals surface area contributed by atoms with Gasteiger partial charge in [0.1, 0.15) is 0 Å². The summed E-state index contributed by atoms with van der Waals surface area (Å²) in [6, 6.07) is -0.336. The van der Waals surface area contributed by atoms with Crippen molar-refractivity contribution in [3.63, 3.8) is 0 Å². The van der Waals surface area contributed by atoms with E-state index in [1.165, 1.54) is 11.8 Å². The van der Waals surface area contributed by atoms with Crippen molar-refractivity contribution in [1.82, 2.24) is 4.90 Å². The van der Waals surface area contributed by atoms with E-state index in [1.807, 2.05) is 0 Å². The highest BCUT2D eigenvalue weighted by Gasteiger charge is 2.28. The summed E-state index contributed by atoms with van der Waals surface area (Å²) < 4.78 is 4.61. The molecule has 5 heteroatoms. The van der Waals surface area contributed by atoms with Gasteiger partial charge in [0.25, 0.3) is 5.91 Å². The summed E-state index contributed by atoms with van der Waals surface area (Å²) in [5.74, 6) is -0.711. The molecule has 0 radical (unpaired) electrons. The molecule has 0 aromatic heterocycles. The van der Waals surface area contributed by atoms with E-state index in [4.69, 9.17) is 0 Å². The summed E-state index contributed by atoms with van der Waals surface area (Å²) >= 11 is 0. The molecule has 5 nitrogen and oxygen atoms in total. The number of likely N-dealkylation sites (N-methyl/N-ethyl adjacent to an activating group) is 1. The Morgan fingerprint density at radius 3 is 2.69 bits per heavy atom. The van der Waals surface area contributed by atoms with Crippen molar-refractivity contribution >= 4 is 17.7 Å². The fourth-order valence-corrected chi connectivity index (χ4v) is 1.81. The van der Waals surface area contributed by atoms with Gasteiger partial charge in [0, 0.05) is 20.4 Å². The zero-order valence-corrected chi connectivity index (χ0v) is 9.69. The lowest BCUT2D eigenvalue weighted by atomic mass is 9.93. The van der Waals surface area contributed by atoms with Crippen LogP contribution >= 0.6 is 0 Å². The number of amides is 1. The Balaban J connectivity index is 2.48. The second-order valence-corrected chi connectivity index (χ2v) is 4.01. The SMILES string of the molecule is CC(=O)OCC(=O)N(C)C1CCCCC1=O. The topological polar surface area (TPSA) is 63.7 Å². The number of rotatable bonds is 3. The molecule has 0 bridgehead atoms. The molecule has 0 aromatic carbocycles. The van der Waals surface area contributed by atoms with Crippen LogP contribution in [0, 0.1) is 0 Å². The van der Waals surface area contributed by atoms with Crippen LogP contribution in [0.2, 0.25) is 0 Å². The summed E-state index contributed by atoms with van der Waals surface area (Å²) in [4.78, 5) is 35.1. The van der Waals surface area contributed by atoms with Gasteiger partial charge in [-0.05, 0) is 12.8 Å². The van der Waals surface area contributed by atoms with E-state index in [2.05, 4.69) is 4.74 Å². The van der Waals surface area contributed by atoms with Crippen LogP contribution in [0.1, 0.15) is 32.6 Å². The molecule has 1 unspecified atom stereocenters. The fraction of sp³-hybridized carbons (Fsp3) is 0.727. The zero-order chi connectivity index (χ0) is 12.1. The van der Waals surface area contributed by atoms with E-state index in [0.29, 0.717) is 12.8 Å². The van der Waals surface area contributed by atoms with Crippen LogP contribution in [0.25, 0.3) is 0 Å². The molecule has 1 amide bonds. The van der Waals surface area contributed by atoms with Crippen LogP contribution in [-0.4, -0.2) is 42.3 Å². The Labute approximate surface area is 94.7 Å². The molecule has 1 aliphatic carbocycles. The van der Waals surface area contributed by atoms with Gasteiger partial charge in [0.15, 0.2) is 12.4 Å². The average molecular weight is 227 g/mol. The molecule has 1 aliphatic rings. The summed E-state index contributed by atoms with van der Waals surface area (Å²) in [6.07, 6.45) is 3.11. The molecule has 0 N–H and O–H groups in total. The highest BCUT2D eigenvalue weighted by atomic mass is 16.5. The lowest BCUT2D eigenvalue weighted by molar-refractivity contribution is -0.152. The quantitative estimate of drug-likeness (QED) is 0.659. The van der Waals surface area contributed by atoms with Gasteiger partial charge in [-0.3, -0.25) is 14.4 Å². The molecule has 0 aliphatic heterocycles. The van der Waals surface area contributed by atoms with Gasteiger partial charge in [-0.1, -0.05) is 6.42 Å². The standard InChI is InChI=1S/C11H17NO4/c1-8(13)16-7-11(15)12(2)9-5-3-4-6-10(9)14/h9H,3-7H2,1-2H3. The molecule has 0 aromatic rings. The molecular formula is C11H17NO4. The minimum Gasteiger partial charge on any atom is -0.456 e. The number of carbonyl (C=O) groups is 3. The first-order chi connectivity index (χ1) is 7.52. The number of hydrogen-bond acceptors (Lipinski definition) is 4. The zero-order valence-electron chi connectivity index (χ0n) is 9.69. The molecule has 0 spiro atoms. The summed E-state index contributed by atoms with van der Waals surface area (Å²) in [5.41, 5.74) is 0. The Morgan fingerprint density at radius 2 is 2.12 bits per heavy atom. The highest BCUT2D eigenvalue weighted by molar-refractivity contribution is 5.90. The number of ether oxygens (including phenoxy) is 1. The third-order valence-corrected chi connectivity index (χ3v) is 2.78. The predicted octanol–water partition coefficient (Wildman–Crippen LogP) is 0.520. The first kappa shape index (κ1) is 12.7. The van der Waals surface area contributed by atoms with Gasteiger partial charge in [0.2, 0.25) is 0 Å². The second-order valence-electron chi connectivity index (χ2n) is 4.01. The normalized spacial score (nSPS) is 20.4. The molecule has 90 valence electrons. The molecule has 0 heterocycles. The summed E-state index contributed by atoms with van der Waals surface area (Å²) in [5, 5.41) is 0. The fourth-order valence-electron chi connectivity index (χ4n) is 1.81. The molecule has 0 saturated heterocycles. The van der Waals surface area contributed by atoms with Crippen LogP contribution in [-0.2, 0) is 19.1 Å². The number of Topliss-reactive ketones (excluding diaryl/α,β-unsaturated/α-hetero) is 1. The number of ketones is 1. The molecule has 1 saturated carbocycles. The van der Waals surface area contributed by atoms with Crippen LogP contribution < -0.4 is 0 Å². The van der Waals surface area contributed by atoms with Crippen molar-refractivity contribution in [2.75, 3.05) is 13.7 Å². The smallest absolute Gasteiger partial charge is 0.303 e. The van der Waals surface area contributed by atoms with Crippen LogP contribution in [0.4, 0.5) is 0 Å². The lowest BCUT2D eigenvalue weighted by Crippen LogP contribution is -2.45. The molecule has 1 rings (SSSR count). The lowest BCUT2D eigenvalue weighted by Gasteiger charge is -2.29. The van der Waals surface area contributed by atoms with E-state index < -0.39 is 5.97 Å². The first-order valence-electron chi connectivity index (χ1n) is 5.44. The predicted molar refractivity (Wildman–Crippen MR) is 56.7 cm³/mol. The Kier molecular flexibility index (Phi) is 4.46. The monoisotopic (exact) mass is 227 g/mol. The highest BCUT2D eigenvalue weighted by Crippen LogP contribution is 2.18. The van der Waals surface area contributed by atoms with Gasteiger partial charge in [-0.15, -0.1) is 0 Å². The van der Waals surface area contributed by atoms with Gasteiger partial charge in [0.05, 0.1) is 6.04 Å². The van der Waals surface area contributed by atoms with Gasteiger partial charge in [-0.25, -0.2) is 0 Å². The van der Waals surface area contributed by atoms with E-state index in [0.717, 1.165) is 12.8 Å². The van der Waals surface area contributed by atoms with Gasteiger partial charge >= 0.3 is 5.97 Å². The third kappa shape index (κ3) is 3.32. The maximum atomic E-state index is 11.6. The van der Waals surface area contributed by atoms with E-state index in [-0.39, 0.29) is 24.3 Å². The Morgan fingerprint density at radius 1 is 1.44 bits per heavy atom. The van der Waals surface area contributed by atoms with Gasteiger partial charge in [-0.2, -0.15) is 0 Å². The van der Waals surface area contributed by atoms with Crippen LogP contribution in [0.3, 0.4) is 0 Å². The molecular weight excluding hydrogens is 210 g/mol. The summed E-state index contributed by atoms with van der Waals surface area (Å²) in [7, 11) is 1.58. The van der Waals surface area contributed by atoms with Crippen LogP contribution in [0.15, 0.2) is 0 Å². The first-order valence-corrected chi connectivity index (χ1v) is 5.44. The van der Waals surface area contributed by atoms with Crippen molar-refractivity contribution in [2.24, 2.45) is 0 Å². The van der Waals surface area contributed by atoms with E-state index >= 15 is 0 Å². The number of carbonyl (C=O) groups excluding carboxylic acids is 3. The van der Waals surface area contributed by atoms with Gasteiger partial charge < -0.3 is 9.64 Å². The third-order valence-electron chi connectivity index (χ3n) is 2.78. The number of nitrogens with zero attached hydrogens (tertiary/aromatic N) is 1.